The molecule has 1 atom stereocenters. The molecule has 2 N–H and O–H groups in total. The summed E-state index contributed by atoms with van der Waals surface area (Å²) < 4.78 is 39.8. The van der Waals surface area contributed by atoms with Crippen LogP contribution in [-0.4, -0.2) is 43.8 Å². The van der Waals surface area contributed by atoms with Gasteiger partial charge in [0.25, 0.3) is 0 Å². The number of aliphatic hydroxyl groups is 1. The molecule has 2 aromatic heterocycles. The number of likely N-dealkylation sites (tertiary alicyclic amines) is 1. The van der Waals surface area contributed by atoms with Gasteiger partial charge in [0.15, 0.2) is 5.65 Å². The molecule has 6 nitrogen and oxygen atoms in total. The van der Waals surface area contributed by atoms with Crippen LogP contribution in [0.5, 0.6) is 0 Å². The van der Waals surface area contributed by atoms with Gasteiger partial charge in [-0.3, -0.25) is 4.90 Å². The number of piperidine rings is 1. The van der Waals surface area contributed by atoms with Crippen LogP contribution in [0, 0.1) is 0 Å². The Hall–Kier alpha value is -2.65. The standard InChI is InChI=1S/C19H20F3N5O/c20-19(21,22)13-6-8-14(9-7-13)23-18-24-17-5-1-3-15(27(17)25-18)11-26-10-2-4-16(28)12-26/h1,3,5-9,16,28H,2,4,10-12H2,(H,23,25). The lowest BCUT2D eigenvalue weighted by Crippen LogP contribution is -2.38. The van der Waals surface area contributed by atoms with E-state index in [1.54, 1.807) is 4.52 Å². The van der Waals surface area contributed by atoms with Gasteiger partial charge in [0, 0.05) is 18.8 Å². The molecule has 0 bridgehead atoms. The van der Waals surface area contributed by atoms with E-state index in [1.807, 2.05) is 18.2 Å². The summed E-state index contributed by atoms with van der Waals surface area (Å²) in [5.41, 5.74) is 1.35. The lowest BCUT2D eigenvalue weighted by Gasteiger charge is -2.29. The van der Waals surface area contributed by atoms with Gasteiger partial charge in [0.2, 0.25) is 5.95 Å². The summed E-state index contributed by atoms with van der Waals surface area (Å²) in [5, 5.41) is 17.2. The Kier molecular flexibility index (Phi) is 4.94. The fourth-order valence-corrected chi connectivity index (χ4v) is 3.41. The average molecular weight is 391 g/mol. The summed E-state index contributed by atoms with van der Waals surface area (Å²) in [7, 11) is 0. The highest BCUT2D eigenvalue weighted by Gasteiger charge is 2.30. The second kappa shape index (κ2) is 7.40. The summed E-state index contributed by atoms with van der Waals surface area (Å²) in [6.07, 6.45) is -2.89. The molecule has 3 aromatic rings. The molecule has 0 amide bonds. The fourth-order valence-electron chi connectivity index (χ4n) is 3.41. The van der Waals surface area contributed by atoms with E-state index < -0.39 is 11.7 Å². The van der Waals surface area contributed by atoms with E-state index in [0.29, 0.717) is 30.4 Å². The van der Waals surface area contributed by atoms with Gasteiger partial charge in [0.1, 0.15) is 0 Å². The molecule has 0 radical (unpaired) electrons. The topological polar surface area (TPSA) is 65.7 Å². The van der Waals surface area contributed by atoms with E-state index in [1.165, 1.54) is 12.1 Å². The highest BCUT2D eigenvalue weighted by atomic mass is 19.4. The molecule has 0 spiro atoms. The number of rotatable bonds is 4. The van der Waals surface area contributed by atoms with Crippen molar-refractivity contribution in [2.45, 2.75) is 31.7 Å². The lowest BCUT2D eigenvalue weighted by molar-refractivity contribution is -0.137. The van der Waals surface area contributed by atoms with Crippen molar-refractivity contribution in [3.8, 4) is 0 Å². The largest absolute Gasteiger partial charge is 0.416 e. The van der Waals surface area contributed by atoms with Gasteiger partial charge in [-0.25, -0.2) is 4.52 Å². The lowest BCUT2D eigenvalue weighted by atomic mass is 10.1. The number of β-amino-alcohol motifs (C(OH)–C–C–N with tert-alkyl or cyclic N) is 1. The van der Waals surface area contributed by atoms with Gasteiger partial charge < -0.3 is 10.4 Å². The minimum absolute atomic E-state index is 0.305. The second-order valence-electron chi connectivity index (χ2n) is 6.95. The summed E-state index contributed by atoms with van der Waals surface area (Å²) in [4.78, 5) is 6.57. The van der Waals surface area contributed by atoms with Crippen LogP contribution in [0.15, 0.2) is 42.5 Å². The van der Waals surface area contributed by atoms with Crippen molar-refractivity contribution >= 4 is 17.3 Å². The number of hydrogen-bond donors (Lipinski definition) is 2. The van der Waals surface area contributed by atoms with Crippen LogP contribution in [0.25, 0.3) is 5.65 Å². The van der Waals surface area contributed by atoms with Crippen molar-refractivity contribution in [2.24, 2.45) is 0 Å². The molecule has 1 aromatic carbocycles. The molecule has 4 rings (SSSR count). The van der Waals surface area contributed by atoms with E-state index in [-0.39, 0.29) is 6.10 Å². The molecular formula is C19H20F3N5O. The number of alkyl halides is 3. The molecule has 1 aliphatic heterocycles. The number of nitrogens with zero attached hydrogens (tertiary/aromatic N) is 4. The third-order valence-corrected chi connectivity index (χ3v) is 4.77. The molecule has 9 heteroatoms. The quantitative estimate of drug-likeness (QED) is 0.713. The average Bonchev–Trinajstić information content (AvgIpc) is 3.05. The van der Waals surface area contributed by atoms with Crippen LogP contribution in [-0.2, 0) is 12.7 Å². The maximum Gasteiger partial charge on any atom is 0.416 e. The Morgan fingerprint density at radius 1 is 1.14 bits per heavy atom. The van der Waals surface area contributed by atoms with Crippen LogP contribution >= 0.6 is 0 Å². The summed E-state index contributed by atoms with van der Waals surface area (Å²) in [5.74, 6) is 0.311. The molecular weight excluding hydrogens is 371 g/mol. The zero-order valence-electron chi connectivity index (χ0n) is 15.0. The molecule has 1 fully saturated rings. The molecule has 1 aliphatic rings. The van der Waals surface area contributed by atoms with Crippen molar-refractivity contribution < 1.29 is 18.3 Å². The van der Waals surface area contributed by atoms with Gasteiger partial charge in [-0.1, -0.05) is 6.07 Å². The van der Waals surface area contributed by atoms with E-state index >= 15 is 0 Å². The number of nitrogens with one attached hydrogen (secondary N) is 1. The molecule has 3 heterocycles. The fraction of sp³-hybridized carbons (Fsp3) is 0.368. The molecule has 1 saturated heterocycles. The van der Waals surface area contributed by atoms with Gasteiger partial charge in [-0.2, -0.15) is 18.2 Å². The van der Waals surface area contributed by atoms with Gasteiger partial charge in [-0.15, -0.1) is 5.10 Å². The van der Waals surface area contributed by atoms with Crippen molar-refractivity contribution in [1.82, 2.24) is 19.5 Å². The Morgan fingerprint density at radius 3 is 2.64 bits per heavy atom. The van der Waals surface area contributed by atoms with Gasteiger partial charge in [0.05, 0.1) is 17.4 Å². The number of hydrogen-bond acceptors (Lipinski definition) is 5. The van der Waals surface area contributed by atoms with Crippen molar-refractivity contribution in [3.63, 3.8) is 0 Å². The highest BCUT2D eigenvalue weighted by Crippen LogP contribution is 2.30. The molecule has 28 heavy (non-hydrogen) atoms. The predicted octanol–water partition coefficient (Wildman–Crippen LogP) is 3.45. The third-order valence-electron chi connectivity index (χ3n) is 4.77. The first kappa shape index (κ1) is 18.7. The van der Waals surface area contributed by atoms with Crippen LogP contribution in [0.4, 0.5) is 24.8 Å². The van der Waals surface area contributed by atoms with Crippen LogP contribution < -0.4 is 5.32 Å². The maximum atomic E-state index is 12.7. The molecule has 0 aliphatic carbocycles. The van der Waals surface area contributed by atoms with E-state index in [9.17, 15) is 18.3 Å². The van der Waals surface area contributed by atoms with E-state index in [4.69, 9.17) is 0 Å². The van der Waals surface area contributed by atoms with Crippen molar-refractivity contribution in [1.29, 1.82) is 0 Å². The number of anilines is 2. The third kappa shape index (κ3) is 4.10. The molecule has 148 valence electrons. The molecule has 0 saturated carbocycles. The van der Waals surface area contributed by atoms with E-state index in [2.05, 4.69) is 20.3 Å². The number of aromatic nitrogens is 3. The highest BCUT2D eigenvalue weighted by molar-refractivity contribution is 5.56. The zero-order valence-corrected chi connectivity index (χ0v) is 15.0. The minimum Gasteiger partial charge on any atom is -0.392 e. The van der Waals surface area contributed by atoms with Crippen molar-refractivity contribution in [3.05, 3.63) is 53.7 Å². The number of fused-ring (bicyclic) bond motifs is 1. The van der Waals surface area contributed by atoms with Gasteiger partial charge in [-0.05, 0) is 55.8 Å². The minimum atomic E-state index is -4.36. The summed E-state index contributed by atoms with van der Waals surface area (Å²) in [6, 6.07) is 10.4. The number of benzene rings is 1. The van der Waals surface area contributed by atoms with E-state index in [0.717, 1.165) is 37.2 Å². The normalized spacial score (nSPS) is 18.5. The maximum absolute atomic E-state index is 12.7. The predicted molar refractivity (Wildman–Crippen MR) is 98.2 cm³/mol. The monoisotopic (exact) mass is 391 g/mol. The first-order valence-corrected chi connectivity index (χ1v) is 9.08. The zero-order chi connectivity index (χ0) is 19.7. The first-order chi connectivity index (χ1) is 13.4. The summed E-state index contributed by atoms with van der Waals surface area (Å²) in [6.45, 7) is 2.18. The molecule has 1 unspecified atom stereocenters. The van der Waals surface area contributed by atoms with Crippen molar-refractivity contribution in [2.75, 3.05) is 18.4 Å². The second-order valence-corrected chi connectivity index (χ2v) is 6.95. The Labute approximate surface area is 159 Å². The van der Waals surface area contributed by atoms with Crippen LogP contribution in [0.3, 0.4) is 0 Å². The number of pyridine rings is 1. The van der Waals surface area contributed by atoms with Crippen LogP contribution in [0.1, 0.15) is 24.1 Å². The Balaban J connectivity index is 1.53. The first-order valence-electron chi connectivity index (χ1n) is 9.08. The number of aliphatic hydroxyl groups excluding tert-OH is 1. The summed E-state index contributed by atoms with van der Waals surface area (Å²) >= 11 is 0. The number of halogens is 3. The SMILES string of the molecule is OC1CCCN(Cc2cccc3nc(Nc4ccc(C(F)(F)F)cc4)nn23)C1. The van der Waals surface area contributed by atoms with Crippen LogP contribution in [0.2, 0.25) is 0 Å². The Morgan fingerprint density at radius 2 is 1.93 bits per heavy atom. The van der Waals surface area contributed by atoms with Gasteiger partial charge >= 0.3 is 6.18 Å². The smallest absolute Gasteiger partial charge is 0.392 e. The Bertz CT molecular complexity index is 954.